The molecule has 0 radical (unpaired) electrons. The molecule has 2 amide bonds. The van der Waals surface area contributed by atoms with E-state index < -0.39 is 28.0 Å². The van der Waals surface area contributed by atoms with Crippen LogP contribution >= 0.6 is 22.6 Å². The Labute approximate surface area is 333 Å². The molecule has 0 spiro atoms. The molecule has 14 nitrogen and oxygen atoms in total. The molecule has 0 bridgehead atoms. The van der Waals surface area contributed by atoms with Crippen LogP contribution in [0.5, 0.6) is 0 Å². The number of amides is 2. The Bertz CT molecular complexity index is 2010. The van der Waals surface area contributed by atoms with E-state index in [4.69, 9.17) is 20.9 Å². The molecule has 0 aliphatic carbocycles. The number of halogens is 1. The van der Waals surface area contributed by atoms with Crippen molar-refractivity contribution in [2.24, 2.45) is 0 Å². The van der Waals surface area contributed by atoms with Crippen LogP contribution in [0.25, 0.3) is 21.8 Å². The summed E-state index contributed by atoms with van der Waals surface area (Å²) in [7, 11) is -2.26. The maximum atomic E-state index is 13.2. The van der Waals surface area contributed by atoms with Gasteiger partial charge in [0.1, 0.15) is 25.1 Å². The first-order chi connectivity index (χ1) is 25.5. The zero-order valence-electron chi connectivity index (χ0n) is 32.7. The maximum Gasteiger partial charge on any atom is 0.314 e. The summed E-state index contributed by atoms with van der Waals surface area (Å²) < 4.78 is 16.1. The van der Waals surface area contributed by atoms with Gasteiger partial charge < -0.3 is 31.2 Å². The average molecular weight is 887 g/mol. The molecule has 292 valence electrons. The predicted octanol–water partition coefficient (Wildman–Crippen LogP) is 7.02. The summed E-state index contributed by atoms with van der Waals surface area (Å²) in [5.74, 6) is -0.529. The lowest BCUT2D eigenvalue weighted by Crippen LogP contribution is -2.44. The molecule has 54 heavy (non-hydrogen) atoms. The highest BCUT2D eigenvalue weighted by atomic mass is 127. The van der Waals surface area contributed by atoms with Crippen LogP contribution in [-0.4, -0.2) is 81.6 Å². The predicted molar refractivity (Wildman–Crippen MR) is 230 cm³/mol. The van der Waals surface area contributed by atoms with Crippen LogP contribution in [-0.2, 0) is 39.1 Å². The molecule has 0 aliphatic heterocycles. The Kier molecular flexibility index (Phi) is 15.1. The first-order valence-electron chi connectivity index (χ1n) is 18.2. The molecule has 4 heterocycles. The largest absolute Gasteiger partial charge is 0.383 e. The monoisotopic (exact) mass is 886 g/mol. The number of nitrogen functional groups attached to an aromatic ring is 2. The molecule has 0 fully saturated rings. The molecular weight excluding hydrogens is 832 g/mol. The normalized spacial score (nSPS) is 12.4. The van der Waals surface area contributed by atoms with Crippen molar-refractivity contribution in [3.05, 3.63) is 64.3 Å². The van der Waals surface area contributed by atoms with Gasteiger partial charge in [0.15, 0.2) is 0 Å². The van der Waals surface area contributed by atoms with E-state index in [1.165, 1.54) is 6.20 Å². The lowest BCUT2D eigenvalue weighted by atomic mass is 10.1. The van der Waals surface area contributed by atoms with Gasteiger partial charge in [-0.15, -0.1) is 0 Å². The molecule has 1 unspecified atom stereocenters. The minimum absolute atomic E-state index is 0.108. The van der Waals surface area contributed by atoms with Gasteiger partial charge in [0.25, 0.3) is 0 Å². The van der Waals surface area contributed by atoms with Crippen LogP contribution in [0.2, 0.25) is 51.4 Å². The zero-order chi connectivity index (χ0) is 39.6. The van der Waals surface area contributed by atoms with E-state index in [1.807, 2.05) is 48.9 Å². The van der Waals surface area contributed by atoms with Gasteiger partial charge in [0.05, 0.1) is 49.7 Å². The summed E-state index contributed by atoms with van der Waals surface area (Å²) in [5, 5.41) is 12.9. The number of fused-ring (bicyclic) bond motifs is 2. The van der Waals surface area contributed by atoms with E-state index in [0.717, 1.165) is 45.2 Å². The number of benzene rings is 1. The molecule has 4 aromatic heterocycles. The number of carbonyl (C=O) groups excluding carboxylic acids is 2. The quantitative estimate of drug-likeness (QED) is 0.0428. The fourth-order valence-corrected chi connectivity index (χ4v) is 7.51. The molecule has 1 aromatic carbocycles. The van der Waals surface area contributed by atoms with Crippen LogP contribution in [0.4, 0.5) is 17.3 Å². The Hall–Kier alpha value is -3.92. The highest BCUT2D eigenvalue weighted by molar-refractivity contribution is 14.1. The highest BCUT2D eigenvalue weighted by Gasteiger charge is 2.27. The minimum Gasteiger partial charge on any atom is -0.383 e. The third kappa shape index (κ3) is 12.0. The molecule has 17 heteroatoms. The fraction of sp³-hybridized carbons (Fsp3) is 0.459. The number of hydrogen-bond acceptors (Lipinski definition) is 10. The van der Waals surface area contributed by atoms with Gasteiger partial charge in [0, 0.05) is 48.1 Å². The van der Waals surface area contributed by atoms with E-state index in [-0.39, 0.29) is 12.8 Å². The van der Waals surface area contributed by atoms with Crippen molar-refractivity contribution in [2.75, 3.05) is 30.0 Å². The van der Waals surface area contributed by atoms with Crippen LogP contribution in [0.1, 0.15) is 25.8 Å². The number of nitrogens with one attached hydrogen (secondary N) is 1. The Morgan fingerprint density at radius 3 is 1.89 bits per heavy atom. The van der Waals surface area contributed by atoms with Crippen molar-refractivity contribution in [3.8, 4) is 0 Å². The molecular formula is C37H55IN10O4Si2. The molecule has 0 aliphatic rings. The van der Waals surface area contributed by atoms with Crippen LogP contribution in [0.3, 0.4) is 0 Å². The smallest absolute Gasteiger partial charge is 0.314 e. The zero-order valence-corrected chi connectivity index (χ0v) is 36.9. The second kappa shape index (κ2) is 19.1. The van der Waals surface area contributed by atoms with E-state index >= 15 is 0 Å². The molecule has 5 N–H and O–H groups in total. The number of rotatable bonds is 15. The number of ether oxygens (including phenoxy) is 2. The SMILES string of the molecule is CCC(C)N(Cc1ccccc1)C(=O)C(=O)Nc1cnc(N)c2cnn(COCC[Si](C)(C)C)c12.C[Si](C)(C)CCOCn1ncc2c(N)ncc(I)c21. The highest BCUT2D eigenvalue weighted by Crippen LogP contribution is 2.27. The summed E-state index contributed by atoms with van der Waals surface area (Å²) in [4.78, 5) is 36.2. The van der Waals surface area contributed by atoms with Crippen molar-refractivity contribution in [1.82, 2.24) is 34.4 Å². The van der Waals surface area contributed by atoms with E-state index in [0.29, 0.717) is 48.1 Å². The second-order valence-electron chi connectivity index (χ2n) is 15.7. The molecule has 1 atom stereocenters. The Morgan fingerprint density at radius 1 is 0.833 bits per heavy atom. The van der Waals surface area contributed by atoms with Crippen LogP contribution in [0.15, 0.2) is 55.1 Å². The number of carbonyl (C=O) groups is 2. The molecule has 5 aromatic rings. The summed E-state index contributed by atoms with van der Waals surface area (Å²) in [6.45, 7) is 20.3. The van der Waals surface area contributed by atoms with Crippen molar-refractivity contribution < 1.29 is 19.1 Å². The first kappa shape index (κ1) is 42.8. The number of aromatic nitrogens is 6. The first-order valence-corrected chi connectivity index (χ1v) is 26.6. The van der Waals surface area contributed by atoms with E-state index in [1.54, 1.807) is 28.2 Å². The number of nitrogens with two attached hydrogens (primary N) is 2. The standard InChI is InChI=1S/C25H36N6O3Si.C12H19IN4OSi/c1-6-18(2)30(16-19-10-8-7-9-11-19)25(33)24(32)29-21-15-27-23(26)20-14-28-31(22(20)21)17-34-12-13-35(3,4)5;1-19(2,3)5-4-18-8-17-11-9(6-16-17)12(14)15-7-10(11)13/h7-11,14-15,18H,6,12-13,16-17H2,1-5H3,(H2,26,27)(H,29,32);6-7H,4-5,8H2,1-3H3,(H2,14,15). The lowest BCUT2D eigenvalue weighted by Gasteiger charge is -2.28. The summed E-state index contributed by atoms with van der Waals surface area (Å²) >= 11 is 2.24. The Balaban J connectivity index is 0.000000287. The van der Waals surface area contributed by atoms with Gasteiger partial charge in [-0.2, -0.15) is 10.2 Å². The van der Waals surface area contributed by atoms with Crippen molar-refractivity contribution in [2.45, 2.75) is 97.7 Å². The van der Waals surface area contributed by atoms with Gasteiger partial charge in [-0.25, -0.2) is 19.3 Å². The summed E-state index contributed by atoms with van der Waals surface area (Å²) in [6, 6.07) is 11.7. The van der Waals surface area contributed by atoms with Gasteiger partial charge in [-0.3, -0.25) is 9.59 Å². The van der Waals surface area contributed by atoms with Crippen molar-refractivity contribution >= 4 is 89.7 Å². The van der Waals surface area contributed by atoms with Gasteiger partial charge in [0.2, 0.25) is 0 Å². The summed E-state index contributed by atoms with van der Waals surface area (Å²) in [5.41, 5.74) is 14.8. The van der Waals surface area contributed by atoms with E-state index in [9.17, 15) is 9.59 Å². The van der Waals surface area contributed by atoms with Gasteiger partial charge in [-0.05, 0) is 53.6 Å². The van der Waals surface area contributed by atoms with E-state index in [2.05, 4.69) is 87.4 Å². The fourth-order valence-electron chi connectivity index (χ4n) is 5.28. The number of hydrogen-bond donors (Lipinski definition) is 3. The second-order valence-corrected chi connectivity index (χ2v) is 28.1. The van der Waals surface area contributed by atoms with Crippen molar-refractivity contribution in [3.63, 3.8) is 0 Å². The lowest BCUT2D eigenvalue weighted by molar-refractivity contribution is -0.145. The number of nitrogens with zero attached hydrogens (tertiary/aromatic N) is 7. The van der Waals surface area contributed by atoms with Crippen LogP contribution < -0.4 is 16.8 Å². The summed E-state index contributed by atoms with van der Waals surface area (Å²) in [6.07, 6.45) is 7.28. The van der Waals surface area contributed by atoms with Crippen LogP contribution in [0, 0.1) is 3.57 Å². The molecule has 0 saturated carbocycles. The average Bonchev–Trinajstić information content (AvgIpc) is 3.76. The molecule has 0 saturated heterocycles. The minimum atomic E-state index is -1.22. The molecule has 5 rings (SSSR count). The number of pyridine rings is 2. The maximum absolute atomic E-state index is 13.2. The number of anilines is 3. The van der Waals surface area contributed by atoms with Gasteiger partial charge in [-0.1, -0.05) is 76.5 Å². The Morgan fingerprint density at radius 2 is 1.35 bits per heavy atom. The van der Waals surface area contributed by atoms with Crippen molar-refractivity contribution in [1.29, 1.82) is 0 Å². The topological polar surface area (TPSA) is 181 Å². The van der Waals surface area contributed by atoms with Gasteiger partial charge >= 0.3 is 11.8 Å². The third-order valence-corrected chi connectivity index (χ3v) is 13.0. The third-order valence-electron chi connectivity index (χ3n) is 8.80.